The molecule has 0 spiro atoms. The van der Waals surface area contributed by atoms with E-state index in [0.717, 1.165) is 35.1 Å². The van der Waals surface area contributed by atoms with E-state index in [-0.39, 0.29) is 12.0 Å². The molecule has 0 radical (unpaired) electrons. The van der Waals surface area contributed by atoms with Crippen molar-refractivity contribution < 1.29 is 9.53 Å². The highest BCUT2D eigenvalue weighted by Crippen LogP contribution is 2.22. The molecule has 0 unspecified atom stereocenters. The van der Waals surface area contributed by atoms with Gasteiger partial charge in [0.25, 0.3) is 0 Å². The van der Waals surface area contributed by atoms with E-state index in [9.17, 15) is 4.79 Å². The Morgan fingerprint density at radius 3 is 2.95 bits per heavy atom. The summed E-state index contributed by atoms with van der Waals surface area (Å²) in [4.78, 5) is 18.7. The van der Waals surface area contributed by atoms with Gasteiger partial charge in [0.15, 0.2) is 0 Å². The Bertz CT molecular complexity index is 679. The van der Waals surface area contributed by atoms with E-state index in [0.29, 0.717) is 13.2 Å². The van der Waals surface area contributed by atoms with E-state index in [1.807, 2.05) is 49.3 Å². The van der Waals surface area contributed by atoms with Crippen molar-refractivity contribution in [1.29, 1.82) is 0 Å². The van der Waals surface area contributed by atoms with Gasteiger partial charge in [0.05, 0.1) is 5.52 Å². The first-order valence-corrected chi connectivity index (χ1v) is 7.60. The van der Waals surface area contributed by atoms with Gasteiger partial charge in [0.1, 0.15) is 11.9 Å². The summed E-state index contributed by atoms with van der Waals surface area (Å²) in [6, 6.07) is 10.0. The molecular formula is C17H21N3O2. The van der Waals surface area contributed by atoms with Crippen LogP contribution in [0.25, 0.3) is 10.9 Å². The quantitative estimate of drug-likeness (QED) is 0.939. The number of aromatic nitrogens is 1. The molecule has 1 aliphatic heterocycles. The van der Waals surface area contributed by atoms with Crippen molar-refractivity contribution in [3.8, 4) is 0 Å². The molecule has 1 aliphatic rings. The van der Waals surface area contributed by atoms with E-state index >= 15 is 0 Å². The Hall–Kier alpha value is -2.14. The summed E-state index contributed by atoms with van der Waals surface area (Å²) in [6.45, 7) is 1.17. The molecule has 2 heterocycles. The molecule has 5 heteroatoms. The van der Waals surface area contributed by atoms with Crippen molar-refractivity contribution in [3.63, 3.8) is 0 Å². The summed E-state index contributed by atoms with van der Waals surface area (Å²) >= 11 is 0. The second-order valence-electron chi connectivity index (χ2n) is 5.77. The van der Waals surface area contributed by atoms with Gasteiger partial charge >= 0.3 is 0 Å². The van der Waals surface area contributed by atoms with Crippen LogP contribution in [0.3, 0.4) is 0 Å². The average Bonchev–Trinajstić information content (AvgIpc) is 3.06. The van der Waals surface area contributed by atoms with E-state index in [1.165, 1.54) is 0 Å². The summed E-state index contributed by atoms with van der Waals surface area (Å²) in [7, 11) is 3.93. The molecule has 1 aromatic carbocycles. The standard InChI is InChI=1S/C17H21N3O2/c1-20(2)16-10-12(13-6-3-4-7-14(13)19-16)11-18-17(21)15-8-5-9-22-15/h3-4,6-7,10,15H,5,8-9,11H2,1-2H3,(H,18,21)/t15-/m0/s1. The summed E-state index contributed by atoms with van der Waals surface area (Å²) in [6.07, 6.45) is 1.48. The number of nitrogens with zero attached hydrogens (tertiary/aromatic N) is 2. The van der Waals surface area contributed by atoms with E-state index in [1.54, 1.807) is 0 Å². The van der Waals surface area contributed by atoms with Crippen molar-refractivity contribution in [2.75, 3.05) is 25.6 Å². The lowest BCUT2D eigenvalue weighted by Crippen LogP contribution is -2.33. The lowest BCUT2D eigenvalue weighted by Gasteiger charge is -2.16. The van der Waals surface area contributed by atoms with Crippen LogP contribution >= 0.6 is 0 Å². The first-order valence-electron chi connectivity index (χ1n) is 7.60. The Labute approximate surface area is 130 Å². The van der Waals surface area contributed by atoms with E-state index in [4.69, 9.17) is 4.74 Å². The number of nitrogens with one attached hydrogen (secondary N) is 1. The van der Waals surface area contributed by atoms with Crippen molar-refractivity contribution >= 4 is 22.6 Å². The van der Waals surface area contributed by atoms with Gasteiger partial charge in [-0.15, -0.1) is 0 Å². The molecule has 1 amide bonds. The molecular weight excluding hydrogens is 278 g/mol. The number of carbonyl (C=O) groups is 1. The van der Waals surface area contributed by atoms with Gasteiger partial charge in [-0.25, -0.2) is 4.98 Å². The highest BCUT2D eigenvalue weighted by atomic mass is 16.5. The van der Waals surface area contributed by atoms with Crippen LogP contribution in [0.2, 0.25) is 0 Å². The highest BCUT2D eigenvalue weighted by Gasteiger charge is 2.23. The molecule has 1 atom stereocenters. The van der Waals surface area contributed by atoms with Crippen molar-refractivity contribution in [2.45, 2.75) is 25.5 Å². The van der Waals surface area contributed by atoms with Crippen LogP contribution in [0.4, 0.5) is 5.82 Å². The molecule has 2 aromatic rings. The van der Waals surface area contributed by atoms with Gasteiger partial charge in [-0.2, -0.15) is 0 Å². The minimum Gasteiger partial charge on any atom is -0.368 e. The number of anilines is 1. The summed E-state index contributed by atoms with van der Waals surface area (Å²) in [5.74, 6) is 0.866. The molecule has 5 nitrogen and oxygen atoms in total. The topological polar surface area (TPSA) is 54.5 Å². The molecule has 116 valence electrons. The number of pyridine rings is 1. The summed E-state index contributed by atoms with van der Waals surface area (Å²) < 4.78 is 5.42. The minimum absolute atomic E-state index is 0.0233. The fraction of sp³-hybridized carbons (Fsp3) is 0.412. The lowest BCUT2D eigenvalue weighted by molar-refractivity contribution is -0.130. The van der Waals surface area contributed by atoms with Gasteiger partial charge < -0.3 is 15.0 Å². The second kappa shape index (κ2) is 6.32. The van der Waals surface area contributed by atoms with Gasteiger partial charge in [0.2, 0.25) is 5.91 Å². The molecule has 22 heavy (non-hydrogen) atoms. The van der Waals surface area contributed by atoms with Crippen LogP contribution < -0.4 is 10.2 Å². The van der Waals surface area contributed by atoms with Crippen LogP contribution in [-0.4, -0.2) is 37.7 Å². The molecule has 0 aliphatic carbocycles. The maximum atomic E-state index is 12.1. The van der Waals surface area contributed by atoms with Crippen LogP contribution in [0.1, 0.15) is 18.4 Å². The number of amides is 1. The van der Waals surface area contributed by atoms with Crippen molar-refractivity contribution in [1.82, 2.24) is 10.3 Å². The molecule has 0 saturated carbocycles. The number of ether oxygens (including phenoxy) is 1. The fourth-order valence-electron chi connectivity index (χ4n) is 2.69. The monoisotopic (exact) mass is 299 g/mol. The number of benzene rings is 1. The number of rotatable bonds is 4. The van der Waals surface area contributed by atoms with Gasteiger partial charge in [-0.1, -0.05) is 18.2 Å². The van der Waals surface area contributed by atoms with E-state index in [2.05, 4.69) is 10.3 Å². The van der Waals surface area contributed by atoms with Crippen LogP contribution in [0.5, 0.6) is 0 Å². The van der Waals surface area contributed by atoms with Crippen LogP contribution in [0, 0.1) is 0 Å². The molecule has 3 rings (SSSR count). The SMILES string of the molecule is CN(C)c1cc(CNC(=O)[C@@H]2CCCO2)c2ccccc2n1. The molecule has 1 fully saturated rings. The predicted molar refractivity (Wildman–Crippen MR) is 86.9 cm³/mol. The van der Waals surface area contributed by atoms with Gasteiger partial charge in [0, 0.05) is 32.6 Å². The number of hydrogen-bond acceptors (Lipinski definition) is 4. The molecule has 1 aromatic heterocycles. The largest absolute Gasteiger partial charge is 0.368 e. The third kappa shape index (κ3) is 3.04. The van der Waals surface area contributed by atoms with Crippen LogP contribution in [-0.2, 0) is 16.1 Å². The number of hydrogen-bond donors (Lipinski definition) is 1. The predicted octanol–water partition coefficient (Wildman–Crippen LogP) is 2.10. The third-order valence-electron chi connectivity index (χ3n) is 3.92. The van der Waals surface area contributed by atoms with Gasteiger partial charge in [-0.3, -0.25) is 4.79 Å². The Balaban J connectivity index is 1.83. The summed E-state index contributed by atoms with van der Waals surface area (Å²) in [5.41, 5.74) is 2.01. The zero-order chi connectivity index (χ0) is 15.5. The Morgan fingerprint density at radius 2 is 2.23 bits per heavy atom. The minimum atomic E-state index is -0.290. The van der Waals surface area contributed by atoms with Crippen molar-refractivity contribution in [3.05, 3.63) is 35.9 Å². The normalized spacial score (nSPS) is 17.6. The zero-order valence-electron chi connectivity index (χ0n) is 13.0. The highest BCUT2D eigenvalue weighted by molar-refractivity contribution is 5.85. The molecule has 0 bridgehead atoms. The van der Waals surface area contributed by atoms with Crippen LogP contribution in [0.15, 0.2) is 30.3 Å². The maximum Gasteiger partial charge on any atom is 0.249 e. The third-order valence-corrected chi connectivity index (χ3v) is 3.92. The van der Waals surface area contributed by atoms with E-state index < -0.39 is 0 Å². The number of para-hydroxylation sites is 1. The second-order valence-corrected chi connectivity index (χ2v) is 5.77. The van der Waals surface area contributed by atoms with Crippen molar-refractivity contribution in [2.24, 2.45) is 0 Å². The average molecular weight is 299 g/mol. The Morgan fingerprint density at radius 1 is 1.41 bits per heavy atom. The lowest BCUT2D eigenvalue weighted by atomic mass is 10.1. The Kier molecular flexibility index (Phi) is 4.24. The zero-order valence-corrected chi connectivity index (χ0v) is 13.0. The molecule has 1 saturated heterocycles. The summed E-state index contributed by atoms with van der Waals surface area (Å²) in [5, 5.41) is 4.06. The number of carbonyl (C=O) groups excluding carboxylic acids is 1. The fourth-order valence-corrected chi connectivity index (χ4v) is 2.69. The molecule has 1 N–H and O–H groups in total. The van der Waals surface area contributed by atoms with Gasteiger partial charge in [-0.05, 0) is 30.5 Å². The maximum absolute atomic E-state index is 12.1. The first-order chi connectivity index (χ1) is 10.6. The smallest absolute Gasteiger partial charge is 0.249 e. The first kappa shape index (κ1) is 14.8. The number of fused-ring (bicyclic) bond motifs is 1.